The molecule has 0 atom stereocenters. The third-order valence-electron chi connectivity index (χ3n) is 6.37. The molecule has 2 aliphatic rings. The van der Waals surface area contributed by atoms with Crippen molar-refractivity contribution in [3.63, 3.8) is 0 Å². The molecule has 5 rings (SSSR count). The van der Waals surface area contributed by atoms with E-state index in [0.29, 0.717) is 6.61 Å². The van der Waals surface area contributed by atoms with Gasteiger partial charge in [-0.05, 0) is 49.6 Å². The second-order valence-corrected chi connectivity index (χ2v) is 8.34. The van der Waals surface area contributed by atoms with Gasteiger partial charge in [-0.3, -0.25) is 9.69 Å². The molecular formula is C25H29N3O2. The average Bonchev–Trinajstić information content (AvgIpc) is 3.38. The van der Waals surface area contributed by atoms with E-state index < -0.39 is 0 Å². The van der Waals surface area contributed by atoms with Gasteiger partial charge in [-0.2, -0.15) is 0 Å². The highest BCUT2D eigenvalue weighted by atomic mass is 16.5. The number of fused-ring (bicyclic) bond motifs is 2. The van der Waals surface area contributed by atoms with Crippen molar-refractivity contribution < 1.29 is 9.53 Å². The third kappa shape index (κ3) is 3.58. The van der Waals surface area contributed by atoms with E-state index in [2.05, 4.69) is 46.9 Å². The van der Waals surface area contributed by atoms with Crippen LogP contribution in [0.25, 0.3) is 10.9 Å². The minimum Gasteiger partial charge on any atom is -0.492 e. The van der Waals surface area contributed by atoms with E-state index in [-0.39, 0.29) is 5.91 Å². The van der Waals surface area contributed by atoms with Crippen molar-refractivity contribution in [3.8, 4) is 5.75 Å². The Kier molecular flexibility index (Phi) is 5.21. The zero-order chi connectivity index (χ0) is 20.5. The van der Waals surface area contributed by atoms with Crippen LogP contribution in [0.5, 0.6) is 5.75 Å². The zero-order valence-electron chi connectivity index (χ0n) is 17.6. The van der Waals surface area contributed by atoms with Crippen LogP contribution in [0.4, 0.5) is 0 Å². The number of ether oxygens (including phenoxy) is 1. The van der Waals surface area contributed by atoms with Crippen LogP contribution in [-0.4, -0.2) is 46.5 Å². The van der Waals surface area contributed by atoms with Gasteiger partial charge in [0.25, 0.3) is 5.91 Å². The van der Waals surface area contributed by atoms with Crippen molar-refractivity contribution in [3.05, 3.63) is 65.4 Å². The summed E-state index contributed by atoms with van der Waals surface area (Å²) in [5.74, 6) is 1.06. The van der Waals surface area contributed by atoms with E-state index in [1.165, 1.54) is 16.5 Å². The van der Waals surface area contributed by atoms with Gasteiger partial charge in [-0.15, -0.1) is 0 Å². The number of hydrogen-bond acceptors (Lipinski definition) is 3. The highest BCUT2D eigenvalue weighted by Gasteiger charge is 2.23. The van der Waals surface area contributed by atoms with Crippen molar-refractivity contribution in [2.75, 3.05) is 26.2 Å². The number of nitrogens with zero attached hydrogens (tertiary/aromatic N) is 3. The Hall–Kier alpha value is -2.79. The highest BCUT2D eigenvalue weighted by molar-refractivity contribution is 5.94. The van der Waals surface area contributed by atoms with Gasteiger partial charge in [-0.1, -0.05) is 18.2 Å². The Morgan fingerprint density at radius 2 is 1.90 bits per heavy atom. The normalized spacial score (nSPS) is 17.0. The number of carbonyl (C=O) groups excluding carboxylic acids is 1. The SMILES string of the molecule is CCn1cc(CN2CCOc3ccc(C(=O)N4CCCC4)cc3C2)c2ccccc21. The smallest absolute Gasteiger partial charge is 0.253 e. The summed E-state index contributed by atoms with van der Waals surface area (Å²) in [5, 5.41) is 1.32. The van der Waals surface area contributed by atoms with Gasteiger partial charge in [0.1, 0.15) is 12.4 Å². The Bertz CT molecular complexity index is 1070. The molecule has 0 saturated carbocycles. The summed E-state index contributed by atoms with van der Waals surface area (Å²) >= 11 is 0. The Balaban J connectivity index is 1.39. The molecule has 1 fully saturated rings. The number of carbonyl (C=O) groups is 1. The lowest BCUT2D eigenvalue weighted by atomic mass is 10.1. The maximum absolute atomic E-state index is 12.8. The molecular weight excluding hydrogens is 374 g/mol. The number of amides is 1. The minimum atomic E-state index is 0.150. The predicted molar refractivity (Wildman–Crippen MR) is 119 cm³/mol. The highest BCUT2D eigenvalue weighted by Crippen LogP contribution is 2.28. The average molecular weight is 404 g/mol. The zero-order valence-corrected chi connectivity index (χ0v) is 17.6. The van der Waals surface area contributed by atoms with Gasteiger partial charge in [0.2, 0.25) is 0 Å². The Morgan fingerprint density at radius 3 is 2.73 bits per heavy atom. The molecule has 3 aromatic rings. The van der Waals surface area contributed by atoms with Gasteiger partial charge >= 0.3 is 0 Å². The van der Waals surface area contributed by atoms with Crippen LogP contribution >= 0.6 is 0 Å². The minimum absolute atomic E-state index is 0.150. The standard InChI is InChI=1S/C25H29N3O2/c1-2-27-18-21(22-7-3-4-8-23(22)27)17-26-13-14-30-24-10-9-19(15-20(24)16-26)25(29)28-11-5-6-12-28/h3-4,7-10,15,18H,2,5-6,11-14,16-17H2,1H3. The lowest BCUT2D eigenvalue weighted by Crippen LogP contribution is -2.28. The van der Waals surface area contributed by atoms with Gasteiger partial charge in [0.05, 0.1) is 0 Å². The quantitative estimate of drug-likeness (QED) is 0.652. The molecule has 5 nitrogen and oxygen atoms in total. The molecule has 0 unspecified atom stereocenters. The molecule has 0 spiro atoms. The lowest BCUT2D eigenvalue weighted by molar-refractivity contribution is 0.0792. The second kappa shape index (κ2) is 8.15. The van der Waals surface area contributed by atoms with E-state index in [9.17, 15) is 4.79 Å². The Labute approximate surface area is 177 Å². The lowest BCUT2D eigenvalue weighted by Gasteiger charge is -2.20. The largest absolute Gasteiger partial charge is 0.492 e. The van der Waals surface area contributed by atoms with Crippen LogP contribution < -0.4 is 4.74 Å². The number of benzene rings is 2. The topological polar surface area (TPSA) is 37.7 Å². The first-order valence-electron chi connectivity index (χ1n) is 11.1. The summed E-state index contributed by atoms with van der Waals surface area (Å²) < 4.78 is 8.34. The molecule has 1 amide bonds. The number of rotatable bonds is 4. The first-order valence-corrected chi connectivity index (χ1v) is 11.1. The monoisotopic (exact) mass is 403 g/mol. The van der Waals surface area contributed by atoms with Crippen molar-refractivity contribution >= 4 is 16.8 Å². The molecule has 0 N–H and O–H groups in total. The van der Waals surface area contributed by atoms with Gasteiger partial charge in [0.15, 0.2) is 0 Å². The number of aromatic nitrogens is 1. The molecule has 1 aromatic heterocycles. The first kappa shape index (κ1) is 19.2. The molecule has 2 aromatic carbocycles. The third-order valence-corrected chi connectivity index (χ3v) is 6.37. The summed E-state index contributed by atoms with van der Waals surface area (Å²) in [6.07, 6.45) is 4.50. The second-order valence-electron chi connectivity index (χ2n) is 8.34. The van der Waals surface area contributed by atoms with Gasteiger partial charge in [-0.25, -0.2) is 0 Å². The fraction of sp³-hybridized carbons (Fsp3) is 0.400. The van der Waals surface area contributed by atoms with Crippen molar-refractivity contribution in [1.82, 2.24) is 14.4 Å². The van der Waals surface area contributed by atoms with E-state index >= 15 is 0 Å². The molecule has 0 bridgehead atoms. The van der Waals surface area contributed by atoms with Gasteiger partial charge in [0, 0.05) is 67.5 Å². The maximum Gasteiger partial charge on any atom is 0.253 e. The predicted octanol–water partition coefficient (Wildman–Crippen LogP) is 4.29. The van der Waals surface area contributed by atoms with Gasteiger partial charge < -0.3 is 14.2 Å². The molecule has 30 heavy (non-hydrogen) atoms. The van der Waals surface area contributed by atoms with Crippen LogP contribution in [0.1, 0.15) is 41.3 Å². The molecule has 1 saturated heterocycles. The number of aryl methyl sites for hydroxylation is 1. The van der Waals surface area contributed by atoms with E-state index in [4.69, 9.17) is 4.74 Å². The summed E-state index contributed by atoms with van der Waals surface area (Å²) in [7, 11) is 0. The van der Waals surface area contributed by atoms with Crippen LogP contribution in [0.15, 0.2) is 48.7 Å². The van der Waals surface area contributed by atoms with Crippen LogP contribution in [0, 0.1) is 0 Å². The van der Waals surface area contributed by atoms with E-state index in [1.54, 1.807) is 0 Å². The number of likely N-dealkylation sites (tertiary alicyclic amines) is 1. The molecule has 2 aliphatic heterocycles. The van der Waals surface area contributed by atoms with E-state index in [1.807, 2.05) is 23.1 Å². The molecule has 5 heteroatoms. The summed E-state index contributed by atoms with van der Waals surface area (Å²) in [6.45, 7) is 8.11. The van der Waals surface area contributed by atoms with Crippen molar-refractivity contribution in [2.24, 2.45) is 0 Å². The number of hydrogen-bond donors (Lipinski definition) is 0. The van der Waals surface area contributed by atoms with Crippen molar-refractivity contribution in [2.45, 2.75) is 39.4 Å². The molecule has 3 heterocycles. The summed E-state index contributed by atoms with van der Waals surface area (Å²) in [5.41, 5.74) is 4.53. The Morgan fingerprint density at radius 1 is 1.07 bits per heavy atom. The van der Waals surface area contributed by atoms with Crippen LogP contribution in [-0.2, 0) is 19.6 Å². The molecule has 0 radical (unpaired) electrons. The van der Waals surface area contributed by atoms with E-state index in [0.717, 1.165) is 69.0 Å². The van der Waals surface area contributed by atoms with Crippen LogP contribution in [0.2, 0.25) is 0 Å². The van der Waals surface area contributed by atoms with Crippen LogP contribution in [0.3, 0.4) is 0 Å². The maximum atomic E-state index is 12.8. The summed E-state index contributed by atoms with van der Waals surface area (Å²) in [6, 6.07) is 14.6. The molecule has 0 aliphatic carbocycles. The fourth-order valence-electron chi connectivity index (χ4n) is 4.77. The summed E-state index contributed by atoms with van der Waals surface area (Å²) in [4.78, 5) is 17.2. The first-order chi connectivity index (χ1) is 14.7. The molecule has 156 valence electrons. The van der Waals surface area contributed by atoms with Crippen molar-refractivity contribution in [1.29, 1.82) is 0 Å². The fourth-order valence-corrected chi connectivity index (χ4v) is 4.77. The number of para-hydroxylation sites is 1.